The van der Waals surface area contributed by atoms with E-state index in [-0.39, 0.29) is 11.8 Å². The molecule has 94 valence electrons. The summed E-state index contributed by atoms with van der Waals surface area (Å²) in [4.78, 5) is 12.1. The van der Waals surface area contributed by atoms with E-state index in [0.717, 1.165) is 6.54 Å². The average molecular weight is 264 g/mol. The second kappa shape index (κ2) is 5.38. The number of halogens is 1. The maximum atomic E-state index is 12.1. The highest BCUT2D eigenvalue weighted by Crippen LogP contribution is 2.25. The number of carbonyl (C=O) groups excluding carboxylic acids is 1. The monoisotopic (exact) mass is 263 g/mol. The Morgan fingerprint density at radius 2 is 2.33 bits per heavy atom. The normalized spacial score (nSPS) is 22.5. The van der Waals surface area contributed by atoms with Crippen LogP contribution in [-0.2, 0) is 4.79 Å². The molecule has 1 heterocycles. The molecule has 18 heavy (non-hydrogen) atoms. The number of nitriles is 1. The molecule has 1 aromatic carbocycles. The van der Waals surface area contributed by atoms with Gasteiger partial charge in [-0.15, -0.1) is 0 Å². The Morgan fingerprint density at radius 1 is 1.56 bits per heavy atom. The van der Waals surface area contributed by atoms with E-state index in [9.17, 15) is 4.79 Å². The van der Waals surface area contributed by atoms with E-state index in [4.69, 9.17) is 16.9 Å². The largest absolute Gasteiger partial charge is 0.324 e. The van der Waals surface area contributed by atoms with Gasteiger partial charge in [0.1, 0.15) is 0 Å². The van der Waals surface area contributed by atoms with Gasteiger partial charge in [0.15, 0.2) is 0 Å². The van der Waals surface area contributed by atoms with Gasteiger partial charge >= 0.3 is 0 Å². The van der Waals surface area contributed by atoms with Crippen LogP contribution in [0.4, 0.5) is 5.69 Å². The molecule has 1 amide bonds. The van der Waals surface area contributed by atoms with Crippen molar-refractivity contribution in [2.24, 2.45) is 11.8 Å². The fourth-order valence-corrected chi connectivity index (χ4v) is 2.24. The molecule has 0 radical (unpaired) electrons. The summed E-state index contributed by atoms with van der Waals surface area (Å²) < 4.78 is 0. The van der Waals surface area contributed by atoms with Crippen LogP contribution >= 0.6 is 11.6 Å². The number of nitrogens with one attached hydrogen (secondary N) is 2. The van der Waals surface area contributed by atoms with Crippen molar-refractivity contribution in [2.45, 2.75) is 6.92 Å². The smallest absolute Gasteiger partial charge is 0.229 e. The topological polar surface area (TPSA) is 64.9 Å². The maximum absolute atomic E-state index is 12.1. The SMILES string of the molecule is C[C@@H]1CNC[C@H]1C(=O)Nc1cc(C#N)ccc1Cl. The lowest BCUT2D eigenvalue weighted by Crippen LogP contribution is -2.27. The van der Waals surface area contributed by atoms with Crippen molar-refractivity contribution < 1.29 is 4.79 Å². The van der Waals surface area contributed by atoms with Gasteiger partial charge in [0.25, 0.3) is 0 Å². The van der Waals surface area contributed by atoms with Crippen LogP contribution in [0.5, 0.6) is 0 Å². The van der Waals surface area contributed by atoms with E-state index in [0.29, 0.717) is 28.7 Å². The van der Waals surface area contributed by atoms with Crippen molar-refractivity contribution in [1.29, 1.82) is 5.26 Å². The molecule has 1 aliphatic rings. The second-order valence-electron chi connectivity index (χ2n) is 4.54. The number of nitrogens with zero attached hydrogens (tertiary/aromatic N) is 1. The minimum Gasteiger partial charge on any atom is -0.324 e. The molecule has 0 unspecified atom stereocenters. The number of amides is 1. The third-order valence-corrected chi connectivity index (χ3v) is 3.54. The van der Waals surface area contributed by atoms with Crippen LogP contribution in [0, 0.1) is 23.2 Å². The summed E-state index contributed by atoms with van der Waals surface area (Å²) in [7, 11) is 0. The molecule has 1 saturated heterocycles. The van der Waals surface area contributed by atoms with Crippen LogP contribution in [0.2, 0.25) is 5.02 Å². The van der Waals surface area contributed by atoms with Crippen LogP contribution in [0.15, 0.2) is 18.2 Å². The van der Waals surface area contributed by atoms with Gasteiger partial charge in [-0.25, -0.2) is 0 Å². The fourth-order valence-electron chi connectivity index (χ4n) is 2.08. The summed E-state index contributed by atoms with van der Waals surface area (Å²) >= 11 is 6.00. The number of anilines is 1. The minimum absolute atomic E-state index is 0.0493. The quantitative estimate of drug-likeness (QED) is 0.858. The molecule has 0 saturated carbocycles. The molecule has 5 heteroatoms. The van der Waals surface area contributed by atoms with Crippen molar-refractivity contribution >= 4 is 23.2 Å². The Labute approximate surface area is 111 Å². The molecule has 0 aliphatic carbocycles. The molecule has 1 aromatic rings. The highest BCUT2D eigenvalue weighted by atomic mass is 35.5. The molecule has 1 fully saturated rings. The van der Waals surface area contributed by atoms with Crippen LogP contribution in [0.1, 0.15) is 12.5 Å². The first-order valence-electron chi connectivity index (χ1n) is 5.83. The number of carbonyl (C=O) groups is 1. The molecule has 1 aliphatic heterocycles. The molecule has 0 aromatic heterocycles. The first-order chi connectivity index (χ1) is 8.61. The number of hydrogen-bond donors (Lipinski definition) is 2. The summed E-state index contributed by atoms with van der Waals surface area (Å²) in [5, 5.41) is 15.2. The van der Waals surface area contributed by atoms with Crippen LogP contribution in [0.25, 0.3) is 0 Å². The Hall–Kier alpha value is -1.57. The van der Waals surface area contributed by atoms with Gasteiger partial charge in [-0.1, -0.05) is 18.5 Å². The van der Waals surface area contributed by atoms with Crippen LogP contribution in [0.3, 0.4) is 0 Å². The molecule has 2 N–H and O–H groups in total. The fraction of sp³-hybridized carbons (Fsp3) is 0.385. The van der Waals surface area contributed by atoms with Gasteiger partial charge < -0.3 is 10.6 Å². The van der Waals surface area contributed by atoms with E-state index in [1.807, 2.05) is 13.0 Å². The summed E-state index contributed by atoms with van der Waals surface area (Å²) in [6.07, 6.45) is 0. The minimum atomic E-state index is -0.0514. The van der Waals surface area contributed by atoms with Crippen LogP contribution < -0.4 is 10.6 Å². The van der Waals surface area contributed by atoms with Crippen LogP contribution in [-0.4, -0.2) is 19.0 Å². The first-order valence-corrected chi connectivity index (χ1v) is 6.21. The molecule has 0 spiro atoms. The zero-order valence-corrected chi connectivity index (χ0v) is 10.8. The summed E-state index contributed by atoms with van der Waals surface area (Å²) in [6, 6.07) is 6.85. The third kappa shape index (κ3) is 2.63. The van der Waals surface area contributed by atoms with E-state index in [1.165, 1.54) is 0 Å². The maximum Gasteiger partial charge on any atom is 0.229 e. The number of rotatable bonds is 2. The van der Waals surface area contributed by atoms with Crippen molar-refractivity contribution in [2.75, 3.05) is 18.4 Å². The van der Waals surface area contributed by atoms with Gasteiger partial charge in [0.05, 0.1) is 28.3 Å². The van der Waals surface area contributed by atoms with E-state index in [2.05, 4.69) is 10.6 Å². The van der Waals surface area contributed by atoms with Crippen molar-refractivity contribution in [1.82, 2.24) is 5.32 Å². The summed E-state index contributed by atoms with van der Waals surface area (Å²) in [6.45, 7) is 3.57. The Kier molecular flexibility index (Phi) is 3.85. The van der Waals surface area contributed by atoms with Gasteiger partial charge in [0, 0.05) is 6.54 Å². The summed E-state index contributed by atoms with van der Waals surface area (Å²) in [5.74, 6) is 0.208. The first kappa shape index (κ1) is 12.9. The van der Waals surface area contributed by atoms with E-state index in [1.54, 1.807) is 18.2 Å². The predicted octanol–water partition coefficient (Wildman–Crippen LogP) is 2.01. The Balaban J connectivity index is 2.14. The highest BCUT2D eigenvalue weighted by Gasteiger charge is 2.29. The standard InChI is InChI=1S/C13H14ClN3O/c1-8-6-16-7-10(8)13(18)17-12-4-9(5-15)2-3-11(12)14/h2-4,8,10,16H,6-7H2,1H3,(H,17,18)/t8-,10-/m1/s1. The molecular weight excluding hydrogens is 250 g/mol. The molecule has 2 atom stereocenters. The lowest BCUT2D eigenvalue weighted by molar-refractivity contribution is -0.120. The van der Waals surface area contributed by atoms with Gasteiger partial charge in [0.2, 0.25) is 5.91 Å². The van der Waals surface area contributed by atoms with E-state index >= 15 is 0 Å². The predicted molar refractivity (Wildman–Crippen MR) is 70.3 cm³/mol. The van der Waals surface area contributed by atoms with Gasteiger partial charge in [-0.05, 0) is 30.7 Å². The van der Waals surface area contributed by atoms with Gasteiger partial charge in [-0.2, -0.15) is 5.26 Å². The summed E-state index contributed by atoms with van der Waals surface area (Å²) in [5.41, 5.74) is 0.979. The zero-order valence-electron chi connectivity index (χ0n) is 10.0. The highest BCUT2D eigenvalue weighted by molar-refractivity contribution is 6.33. The van der Waals surface area contributed by atoms with Crippen molar-refractivity contribution in [3.63, 3.8) is 0 Å². The zero-order chi connectivity index (χ0) is 13.1. The Bertz CT molecular complexity index is 509. The van der Waals surface area contributed by atoms with Gasteiger partial charge in [-0.3, -0.25) is 4.79 Å². The molecule has 0 bridgehead atoms. The molecule has 4 nitrogen and oxygen atoms in total. The van der Waals surface area contributed by atoms with Crippen molar-refractivity contribution in [3.05, 3.63) is 28.8 Å². The molecular formula is C13H14ClN3O. The second-order valence-corrected chi connectivity index (χ2v) is 4.94. The molecule has 2 rings (SSSR count). The third-order valence-electron chi connectivity index (χ3n) is 3.21. The number of hydrogen-bond acceptors (Lipinski definition) is 3. The lowest BCUT2D eigenvalue weighted by Gasteiger charge is -2.15. The lowest BCUT2D eigenvalue weighted by atomic mass is 9.97. The van der Waals surface area contributed by atoms with Crippen molar-refractivity contribution in [3.8, 4) is 6.07 Å². The number of benzene rings is 1. The van der Waals surface area contributed by atoms with E-state index < -0.39 is 0 Å². The average Bonchev–Trinajstić information content (AvgIpc) is 2.78. The Morgan fingerprint density at radius 3 is 2.94 bits per heavy atom.